The molecule has 1 heterocycles. The highest BCUT2D eigenvalue weighted by atomic mass is 32.2. The smallest absolute Gasteiger partial charge is 0.271 e. The minimum Gasteiger partial charge on any atom is -0.495 e. The number of non-ortho nitro benzene ring substituents is 1. The number of morpholine rings is 1. The number of nitro benzene ring substituents is 1. The van der Waals surface area contributed by atoms with Gasteiger partial charge in [-0.15, -0.1) is 0 Å². The van der Waals surface area contributed by atoms with Gasteiger partial charge in [-0.25, -0.2) is 8.42 Å². The minimum absolute atomic E-state index is 0.0271. The van der Waals surface area contributed by atoms with E-state index in [9.17, 15) is 18.5 Å². The summed E-state index contributed by atoms with van der Waals surface area (Å²) in [6, 6.07) is 3.39. The van der Waals surface area contributed by atoms with Gasteiger partial charge in [0.15, 0.2) is 0 Å². The van der Waals surface area contributed by atoms with E-state index < -0.39 is 21.1 Å². The second-order valence-corrected chi connectivity index (χ2v) is 6.21. The highest BCUT2D eigenvalue weighted by molar-refractivity contribution is 7.89. The summed E-state index contributed by atoms with van der Waals surface area (Å²) in [5, 5.41) is 10.8. The molecule has 2 N–H and O–H groups in total. The van der Waals surface area contributed by atoms with Gasteiger partial charge in [0.1, 0.15) is 10.6 Å². The van der Waals surface area contributed by atoms with E-state index in [2.05, 4.69) is 0 Å². The Hall–Kier alpha value is -1.75. The summed E-state index contributed by atoms with van der Waals surface area (Å²) in [5.74, 6) is 0.0271. The first-order valence-electron chi connectivity index (χ1n) is 6.05. The fourth-order valence-corrected chi connectivity index (χ4v) is 3.67. The highest BCUT2D eigenvalue weighted by Gasteiger charge is 2.35. The van der Waals surface area contributed by atoms with Gasteiger partial charge in [-0.05, 0) is 6.07 Å². The summed E-state index contributed by atoms with van der Waals surface area (Å²) in [6.45, 7) is 0.357. The third kappa shape index (κ3) is 2.97. The van der Waals surface area contributed by atoms with Gasteiger partial charge in [-0.2, -0.15) is 4.31 Å². The molecule has 0 aliphatic carbocycles. The molecular weight excluding hydrogens is 302 g/mol. The van der Waals surface area contributed by atoms with Gasteiger partial charge < -0.3 is 15.2 Å². The summed E-state index contributed by atoms with van der Waals surface area (Å²) >= 11 is 0. The number of hydrogen-bond acceptors (Lipinski definition) is 7. The van der Waals surface area contributed by atoms with Crippen molar-refractivity contribution < 1.29 is 22.8 Å². The molecule has 1 aliphatic rings. The van der Waals surface area contributed by atoms with E-state index in [0.717, 1.165) is 10.4 Å². The van der Waals surface area contributed by atoms with E-state index in [1.54, 1.807) is 0 Å². The lowest BCUT2D eigenvalue weighted by molar-refractivity contribution is -0.385. The van der Waals surface area contributed by atoms with Crippen molar-refractivity contribution >= 4 is 15.7 Å². The fourth-order valence-electron chi connectivity index (χ4n) is 2.01. The zero-order chi connectivity index (χ0) is 15.6. The highest BCUT2D eigenvalue weighted by Crippen LogP contribution is 2.31. The van der Waals surface area contributed by atoms with Gasteiger partial charge in [0, 0.05) is 18.7 Å². The Kier molecular flexibility index (Phi) is 4.42. The summed E-state index contributed by atoms with van der Waals surface area (Å²) in [7, 11) is -2.72. The topological polar surface area (TPSA) is 125 Å². The molecule has 2 rings (SSSR count). The van der Waals surface area contributed by atoms with Crippen molar-refractivity contribution in [1.29, 1.82) is 0 Å². The Morgan fingerprint density at radius 1 is 1.52 bits per heavy atom. The Morgan fingerprint density at radius 2 is 2.24 bits per heavy atom. The van der Waals surface area contributed by atoms with Gasteiger partial charge >= 0.3 is 0 Å². The predicted molar refractivity (Wildman–Crippen MR) is 72.3 cm³/mol. The van der Waals surface area contributed by atoms with E-state index in [4.69, 9.17) is 15.2 Å². The Labute approximate surface area is 121 Å². The molecule has 0 saturated carbocycles. The zero-order valence-electron chi connectivity index (χ0n) is 11.3. The number of nitrogens with zero attached hydrogens (tertiary/aromatic N) is 2. The third-order valence-corrected chi connectivity index (χ3v) is 5.00. The van der Waals surface area contributed by atoms with E-state index in [1.165, 1.54) is 19.2 Å². The molecule has 1 aliphatic heterocycles. The maximum absolute atomic E-state index is 12.6. The lowest BCUT2D eigenvalue weighted by Crippen LogP contribution is -2.53. The first kappa shape index (κ1) is 15.6. The van der Waals surface area contributed by atoms with Gasteiger partial charge in [0.2, 0.25) is 10.0 Å². The number of nitro groups is 1. The van der Waals surface area contributed by atoms with Crippen LogP contribution in [0.5, 0.6) is 5.75 Å². The van der Waals surface area contributed by atoms with Crippen LogP contribution >= 0.6 is 0 Å². The monoisotopic (exact) mass is 317 g/mol. The predicted octanol–water partition coefficient (Wildman–Crippen LogP) is -0.0909. The van der Waals surface area contributed by atoms with Crippen LogP contribution in [0.1, 0.15) is 0 Å². The van der Waals surface area contributed by atoms with Crippen LogP contribution in [0.25, 0.3) is 0 Å². The van der Waals surface area contributed by atoms with Crippen molar-refractivity contribution in [2.45, 2.75) is 11.1 Å². The molecule has 1 unspecified atom stereocenters. The van der Waals surface area contributed by atoms with E-state index in [1.807, 2.05) is 0 Å². The number of methoxy groups -OCH3 is 1. The van der Waals surface area contributed by atoms with Crippen molar-refractivity contribution in [2.75, 3.05) is 26.9 Å². The average molecular weight is 317 g/mol. The lowest BCUT2D eigenvalue weighted by atomic mass is 10.3. The molecule has 1 fully saturated rings. The molecular formula is C11H15N3O6S. The van der Waals surface area contributed by atoms with E-state index in [-0.39, 0.29) is 36.1 Å². The average Bonchev–Trinajstić information content (AvgIpc) is 2.46. The second kappa shape index (κ2) is 5.93. The maximum atomic E-state index is 12.6. The second-order valence-electron chi connectivity index (χ2n) is 4.35. The van der Waals surface area contributed by atoms with Gasteiger partial charge in [0.25, 0.3) is 5.69 Å². The number of sulfonamides is 1. The van der Waals surface area contributed by atoms with Crippen LogP contribution < -0.4 is 10.5 Å². The lowest BCUT2D eigenvalue weighted by Gasteiger charge is -2.32. The van der Waals surface area contributed by atoms with Crippen LogP contribution in [0.15, 0.2) is 23.1 Å². The molecule has 0 radical (unpaired) electrons. The molecule has 21 heavy (non-hydrogen) atoms. The summed E-state index contributed by atoms with van der Waals surface area (Å²) in [6.07, 6.45) is -0.840. The molecule has 1 aromatic rings. The zero-order valence-corrected chi connectivity index (χ0v) is 12.1. The first-order chi connectivity index (χ1) is 9.87. The molecule has 0 bridgehead atoms. The normalized spacial score (nSPS) is 20.2. The Bertz CT molecular complexity index is 647. The van der Waals surface area contributed by atoms with Crippen molar-refractivity contribution in [3.63, 3.8) is 0 Å². The van der Waals surface area contributed by atoms with Gasteiger partial charge in [-0.1, -0.05) is 0 Å². The molecule has 0 spiro atoms. The molecule has 1 aromatic carbocycles. The van der Waals surface area contributed by atoms with Crippen molar-refractivity contribution in [1.82, 2.24) is 4.31 Å². The minimum atomic E-state index is -4.01. The van der Waals surface area contributed by atoms with Crippen LogP contribution in [0, 0.1) is 10.1 Å². The fraction of sp³-hybridized carbons (Fsp3) is 0.455. The third-order valence-electron chi connectivity index (χ3n) is 3.06. The van der Waals surface area contributed by atoms with Crippen LogP contribution in [-0.4, -0.2) is 50.7 Å². The number of benzene rings is 1. The van der Waals surface area contributed by atoms with Crippen molar-refractivity contribution in [2.24, 2.45) is 5.73 Å². The Morgan fingerprint density at radius 3 is 2.81 bits per heavy atom. The van der Waals surface area contributed by atoms with E-state index >= 15 is 0 Å². The van der Waals surface area contributed by atoms with Crippen LogP contribution in [0.4, 0.5) is 5.69 Å². The molecule has 0 aromatic heterocycles. The summed E-state index contributed by atoms with van der Waals surface area (Å²) in [4.78, 5) is 9.88. The van der Waals surface area contributed by atoms with Crippen molar-refractivity contribution in [3.8, 4) is 5.75 Å². The first-order valence-corrected chi connectivity index (χ1v) is 7.49. The summed E-state index contributed by atoms with van der Waals surface area (Å²) < 4.78 is 36.4. The molecule has 9 nitrogen and oxygen atoms in total. The number of ether oxygens (including phenoxy) is 2. The molecule has 0 amide bonds. The summed E-state index contributed by atoms with van der Waals surface area (Å²) in [5.41, 5.74) is 5.40. The molecule has 1 saturated heterocycles. The van der Waals surface area contributed by atoms with Gasteiger partial charge in [-0.3, -0.25) is 10.1 Å². The number of hydrogen-bond donors (Lipinski definition) is 1. The quantitative estimate of drug-likeness (QED) is 0.607. The number of nitrogens with two attached hydrogens (primary N) is 1. The molecule has 116 valence electrons. The Balaban J connectivity index is 2.52. The van der Waals surface area contributed by atoms with Crippen molar-refractivity contribution in [3.05, 3.63) is 28.3 Å². The molecule has 1 atom stereocenters. The molecule has 10 heteroatoms. The number of rotatable bonds is 4. The van der Waals surface area contributed by atoms with Crippen LogP contribution in [0.3, 0.4) is 0 Å². The van der Waals surface area contributed by atoms with Crippen LogP contribution in [0.2, 0.25) is 0 Å². The SMILES string of the molecule is COc1ccc([N+](=O)[O-])cc1S(=O)(=O)N1CCOCC1N. The standard InChI is InChI=1S/C11H15N3O6S/c1-19-9-3-2-8(14(15)16)6-10(9)21(17,18)13-4-5-20-7-11(13)12/h2-3,6,11H,4-5,7,12H2,1H3. The largest absolute Gasteiger partial charge is 0.495 e. The maximum Gasteiger partial charge on any atom is 0.271 e. The van der Waals surface area contributed by atoms with E-state index in [0.29, 0.717) is 0 Å². The van der Waals surface area contributed by atoms with Gasteiger partial charge in [0.05, 0.1) is 31.4 Å². The van der Waals surface area contributed by atoms with Crippen LogP contribution in [-0.2, 0) is 14.8 Å².